The number of piperidine rings is 1. The number of rotatable bonds is 7. The SMILES string of the molecule is CCOc1cc(CN2CCC(NC(=O)OCc3ccccc3)CC2)ccc1O. The summed E-state index contributed by atoms with van der Waals surface area (Å²) in [4.78, 5) is 14.3. The van der Waals surface area contributed by atoms with Crippen LogP contribution in [-0.2, 0) is 17.9 Å². The Morgan fingerprint density at radius 3 is 2.61 bits per heavy atom. The van der Waals surface area contributed by atoms with Crippen molar-refractivity contribution in [3.63, 3.8) is 0 Å². The number of carbonyl (C=O) groups excluding carboxylic acids is 1. The maximum absolute atomic E-state index is 12.0. The first-order valence-corrected chi connectivity index (χ1v) is 9.78. The van der Waals surface area contributed by atoms with E-state index in [0.29, 0.717) is 12.4 Å². The Morgan fingerprint density at radius 1 is 1.14 bits per heavy atom. The predicted octanol–water partition coefficient (Wildman–Crippen LogP) is 3.68. The lowest BCUT2D eigenvalue weighted by Gasteiger charge is -2.32. The van der Waals surface area contributed by atoms with Crippen LogP contribution >= 0.6 is 0 Å². The van der Waals surface area contributed by atoms with E-state index in [4.69, 9.17) is 9.47 Å². The Balaban J connectivity index is 1.40. The van der Waals surface area contributed by atoms with Crippen LogP contribution in [-0.4, -0.2) is 41.8 Å². The summed E-state index contributed by atoms with van der Waals surface area (Å²) in [5.41, 5.74) is 2.09. The number of hydrogen-bond acceptors (Lipinski definition) is 5. The van der Waals surface area contributed by atoms with Gasteiger partial charge in [-0.3, -0.25) is 4.90 Å². The highest BCUT2D eigenvalue weighted by atomic mass is 16.5. The van der Waals surface area contributed by atoms with E-state index in [2.05, 4.69) is 10.2 Å². The number of phenolic OH excluding ortho intramolecular Hbond substituents is 1. The minimum atomic E-state index is -0.359. The van der Waals surface area contributed by atoms with Crippen molar-refractivity contribution in [1.29, 1.82) is 0 Å². The minimum Gasteiger partial charge on any atom is -0.504 e. The van der Waals surface area contributed by atoms with Crippen molar-refractivity contribution < 1.29 is 19.4 Å². The van der Waals surface area contributed by atoms with E-state index in [9.17, 15) is 9.90 Å². The lowest BCUT2D eigenvalue weighted by molar-refractivity contribution is 0.125. The third-order valence-electron chi connectivity index (χ3n) is 4.85. The first-order valence-electron chi connectivity index (χ1n) is 9.78. The van der Waals surface area contributed by atoms with Crippen LogP contribution in [0.15, 0.2) is 48.5 Å². The molecule has 0 bridgehead atoms. The average molecular weight is 384 g/mol. The number of hydrogen-bond donors (Lipinski definition) is 2. The Bertz CT molecular complexity index is 758. The number of aromatic hydroxyl groups is 1. The van der Waals surface area contributed by atoms with Crippen molar-refractivity contribution in [2.75, 3.05) is 19.7 Å². The molecule has 0 spiro atoms. The first-order chi connectivity index (χ1) is 13.6. The van der Waals surface area contributed by atoms with Crippen LogP contribution in [0.3, 0.4) is 0 Å². The number of nitrogens with zero attached hydrogens (tertiary/aromatic N) is 1. The fourth-order valence-corrected chi connectivity index (χ4v) is 3.35. The van der Waals surface area contributed by atoms with Crippen molar-refractivity contribution in [2.24, 2.45) is 0 Å². The summed E-state index contributed by atoms with van der Waals surface area (Å²) in [7, 11) is 0. The molecule has 150 valence electrons. The second-order valence-corrected chi connectivity index (χ2v) is 6.99. The van der Waals surface area contributed by atoms with E-state index in [1.165, 1.54) is 0 Å². The van der Waals surface area contributed by atoms with Crippen molar-refractivity contribution in [3.05, 3.63) is 59.7 Å². The van der Waals surface area contributed by atoms with Crippen molar-refractivity contribution in [3.8, 4) is 11.5 Å². The molecule has 1 aliphatic heterocycles. The summed E-state index contributed by atoms with van der Waals surface area (Å²) in [5, 5.41) is 12.8. The molecule has 1 fully saturated rings. The standard InChI is InChI=1S/C22H28N2O4/c1-2-27-21-14-18(8-9-20(21)25)15-24-12-10-19(11-13-24)23-22(26)28-16-17-6-4-3-5-7-17/h3-9,14,19,25H,2,10-13,15-16H2,1H3,(H,23,26). The maximum atomic E-state index is 12.0. The zero-order chi connectivity index (χ0) is 19.8. The van der Waals surface area contributed by atoms with Gasteiger partial charge in [0.2, 0.25) is 0 Å². The van der Waals surface area contributed by atoms with E-state index >= 15 is 0 Å². The summed E-state index contributed by atoms with van der Waals surface area (Å²) in [6.45, 7) is 5.30. The molecule has 2 aromatic carbocycles. The number of phenols is 1. The quantitative estimate of drug-likeness (QED) is 0.762. The zero-order valence-electron chi connectivity index (χ0n) is 16.3. The van der Waals surface area contributed by atoms with Gasteiger partial charge in [0.1, 0.15) is 6.61 Å². The first kappa shape index (κ1) is 20.0. The summed E-state index contributed by atoms with van der Waals surface area (Å²) in [6, 6.07) is 15.3. The number of carbonyl (C=O) groups is 1. The molecule has 1 aliphatic rings. The van der Waals surface area contributed by atoms with E-state index in [0.717, 1.165) is 43.6 Å². The van der Waals surface area contributed by atoms with E-state index < -0.39 is 0 Å². The van der Waals surface area contributed by atoms with E-state index in [1.807, 2.05) is 49.4 Å². The molecule has 0 unspecified atom stereocenters. The maximum Gasteiger partial charge on any atom is 0.407 e. The van der Waals surface area contributed by atoms with Gasteiger partial charge in [0, 0.05) is 25.7 Å². The number of amides is 1. The lowest BCUT2D eigenvalue weighted by Crippen LogP contribution is -2.44. The van der Waals surface area contributed by atoms with Crippen LogP contribution in [0, 0.1) is 0 Å². The molecule has 1 saturated heterocycles. The molecule has 2 N–H and O–H groups in total. The highest BCUT2D eigenvalue weighted by Gasteiger charge is 2.21. The summed E-state index contributed by atoms with van der Waals surface area (Å²) < 4.78 is 10.8. The van der Waals surface area contributed by atoms with Crippen LogP contribution in [0.25, 0.3) is 0 Å². The van der Waals surface area contributed by atoms with E-state index in [-0.39, 0.29) is 24.5 Å². The van der Waals surface area contributed by atoms with Crippen LogP contribution in [0.4, 0.5) is 4.79 Å². The van der Waals surface area contributed by atoms with Crippen molar-refractivity contribution in [1.82, 2.24) is 10.2 Å². The Kier molecular flexibility index (Phi) is 7.14. The fraction of sp³-hybridized carbons (Fsp3) is 0.409. The Hall–Kier alpha value is -2.73. The summed E-state index contributed by atoms with van der Waals surface area (Å²) in [5.74, 6) is 0.695. The molecule has 0 atom stereocenters. The van der Waals surface area contributed by atoms with Gasteiger partial charge in [0.05, 0.1) is 6.61 Å². The summed E-state index contributed by atoms with van der Waals surface area (Å²) in [6.07, 6.45) is 1.41. The molecule has 0 radical (unpaired) electrons. The van der Waals surface area contributed by atoms with Crippen LogP contribution in [0.5, 0.6) is 11.5 Å². The molecule has 0 saturated carbocycles. The largest absolute Gasteiger partial charge is 0.504 e. The molecule has 6 nitrogen and oxygen atoms in total. The Labute approximate surface area is 166 Å². The van der Waals surface area contributed by atoms with Gasteiger partial charge in [-0.15, -0.1) is 0 Å². The fourth-order valence-electron chi connectivity index (χ4n) is 3.35. The van der Waals surface area contributed by atoms with E-state index in [1.54, 1.807) is 6.07 Å². The number of benzene rings is 2. The predicted molar refractivity (Wildman–Crippen MR) is 107 cm³/mol. The molecule has 2 aromatic rings. The highest BCUT2D eigenvalue weighted by Crippen LogP contribution is 2.27. The monoisotopic (exact) mass is 384 g/mol. The molecule has 0 aliphatic carbocycles. The molecule has 28 heavy (non-hydrogen) atoms. The molecular formula is C22H28N2O4. The van der Waals surface area contributed by atoms with Crippen LogP contribution in [0.2, 0.25) is 0 Å². The lowest BCUT2D eigenvalue weighted by atomic mass is 10.0. The number of nitrogens with one attached hydrogen (secondary N) is 1. The summed E-state index contributed by atoms with van der Waals surface area (Å²) >= 11 is 0. The highest BCUT2D eigenvalue weighted by molar-refractivity contribution is 5.67. The normalized spacial score (nSPS) is 15.2. The second kappa shape index (κ2) is 9.99. The van der Waals surface area contributed by atoms with Gasteiger partial charge in [-0.2, -0.15) is 0 Å². The molecule has 3 rings (SSSR count). The van der Waals surface area contributed by atoms with Crippen LogP contribution < -0.4 is 10.1 Å². The number of likely N-dealkylation sites (tertiary alicyclic amines) is 1. The van der Waals surface area contributed by atoms with Gasteiger partial charge in [0.25, 0.3) is 0 Å². The van der Waals surface area contributed by atoms with Gasteiger partial charge < -0.3 is 19.9 Å². The van der Waals surface area contributed by atoms with Gasteiger partial charge in [-0.1, -0.05) is 36.4 Å². The Morgan fingerprint density at radius 2 is 1.89 bits per heavy atom. The molecule has 1 heterocycles. The number of alkyl carbamates (subject to hydrolysis) is 1. The van der Waals surface area contributed by atoms with Gasteiger partial charge in [-0.05, 0) is 43.0 Å². The van der Waals surface area contributed by atoms with Crippen molar-refractivity contribution >= 4 is 6.09 Å². The average Bonchev–Trinajstić information content (AvgIpc) is 2.71. The van der Waals surface area contributed by atoms with Crippen molar-refractivity contribution in [2.45, 2.75) is 39.0 Å². The third-order valence-corrected chi connectivity index (χ3v) is 4.85. The molecule has 0 aromatic heterocycles. The number of ether oxygens (including phenoxy) is 2. The molecular weight excluding hydrogens is 356 g/mol. The molecule has 6 heteroatoms. The second-order valence-electron chi connectivity index (χ2n) is 6.99. The smallest absolute Gasteiger partial charge is 0.407 e. The topological polar surface area (TPSA) is 71.0 Å². The molecule has 1 amide bonds. The van der Waals surface area contributed by atoms with Crippen LogP contribution in [0.1, 0.15) is 30.9 Å². The van der Waals surface area contributed by atoms with Gasteiger partial charge in [-0.25, -0.2) is 4.79 Å². The minimum absolute atomic E-state index is 0.137. The van der Waals surface area contributed by atoms with Gasteiger partial charge in [0.15, 0.2) is 11.5 Å². The third kappa shape index (κ3) is 5.89. The zero-order valence-corrected chi connectivity index (χ0v) is 16.3. The van der Waals surface area contributed by atoms with Gasteiger partial charge >= 0.3 is 6.09 Å².